The molecule has 8 nitrogen and oxygen atoms in total. The SMILES string of the molecule is COc1ccc(OC[C@H]2C[C@H](n3cc(C)c(=O)[nH]c3=O)O[C@@H]2COCc2ccccc2)cc1. The molecule has 1 aromatic heterocycles. The van der Waals surface area contributed by atoms with Crippen LogP contribution in [0.2, 0.25) is 0 Å². The molecule has 2 heterocycles. The van der Waals surface area contributed by atoms with Crippen molar-refractivity contribution in [2.75, 3.05) is 20.3 Å². The van der Waals surface area contributed by atoms with Gasteiger partial charge in [-0.05, 0) is 36.8 Å². The van der Waals surface area contributed by atoms with Crippen molar-refractivity contribution in [3.05, 3.63) is 92.8 Å². The topological polar surface area (TPSA) is 91.8 Å². The molecule has 0 aliphatic carbocycles. The maximum absolute atomic E-state index is 12.4. The molecule has 1 N–H and O–H groups in total. The van der Waals surface area contributed by atoms with E-state index in [2.05, 4.69) is 4.98 Å². The molecule has 0 bridgehead atoms. The van der Waals surface area contributed by atoms with Gasteiger partial charge in [0.15, 0.2) is 0 Å². The van der Waals surface area contributed by atoms with Crippen molar-refractivity contribution < 1.29 is 18.9 Å². The van der Waals surface area contributed by atoms with E-state index in [-0.39, 0.29) is 12.0 Å². The summed E-state index contributed by atoms with van der Waals surface area (Å²) in [4.78, 5) is 26.5. The predicted octanol–water partition coefficient (Wildman–Crippen LogP) is 3.05. The van der Waals surface area contributed by atoms with Crippen LogP contribution in [-0.2, 0) is 16.1 Å². The van der Waals surface area contributed by atoms with Crippen molar-refractivity contribution in [3.8, 4) is 11.5 Å². The number of hydrogen-bond donors (Lipinski definition) is 1. The number of rotatable bonds is 9. The van der Waals surface area contributed by atoms with E-state index in [4.69, 9.17) is 18.9 Å². The number of H-pyrrole nitrogens is 1. The van der Waals surface area contributed by atoms with E-state index in [1.807, 2.05) is 54.6 Å². The summed E-state index contributed by atoms with van der Waals surface area (Å²) in [5, 5.41) is 0. The first kappa shape index (κ1) is 22.8. The van der Waals surface area contributed by atoms with Crippen LogP contribution in [0.3, 0.4) is 0 Å². The minimum Gasteiger partial charge on any atom is -0.497 e. The number of hydrogen-bond acceptors (Lipinski definition) is 6. The lowest BCUT2D eigenvalue weighted by atomic mass is 10.0. The van der Waals surface area contributed by atoms with Crippen LogP contribution in [0.1, 0.15) is 23.8 Å². The molecule has 174 valence electrons. The van der Waals surface area contributed by atoms with Crippen LogP contribution in [0.5, 0.6) is 11.5 Å². The highest BCUT2D eigenvalue weighted by atomic mass is 16.6. The van der Waals surface area contributed by atoms with E-state index in [0.717, 1.165) is 17.1 Å². The number of benzene rings is 2. The first-order valence-corrected chi connectivity index (χ1v) is 10.9. The Bertz CT molecular complexity index is 1160. The van der Waals surface area contributed by atoms with E-state index in [0.29, 0.717) is 31.8 Å². The van der Waals surface area contributed by atoms with Crippen LogP contribution >= 0.6 is 0 Å². The lowest BCUT2D eigenvalue weighted by molar-refractivity contribution is -0.0574. The zero-order valence-electron chi connectivity index (χ0n) is 18.7. The van der Waals surface area contributed by atoms with E-state index < -0.39 is 17.5 Å². The summed E-state index contributed by atoms with van der Waals surface area (Å²) < 4.78 is 24.8. The minimum atomic E-state index is -0.511. The second kappa shape index (κ2) is 10.5. The molecule has 0 saturated carbocycles. The van der Waals surface area contributed by atoms with Crippen molar-refractivity contribution in [1.29, 1.82) is 0 Å². The Hall–Kier alpha value is -3.36. The maximum Gasteiger partial charge on any atom is 0.330 e. The fourth-order valence-electron chi connectivity index (χ4n) is 3.85. The second-order valence-electron chi connectivity index (χ2n) is 8.09. The summed E-state index contributed by atoms with van der Waals surface area (Å²) in [6.07, 6.45) is 1.32. The van der Waals surface area contributed by atoms with E-state index in [9.17, 15) is 9.59 Å². The van der Waals surface area contributed by atoms with Gasteiger partial charge in [-0.2, -0.15) is 0 Å². The molecule has 8 heteroatoms. The molecular weight excluding hydrogens is 424 g/mol. The lowest BCUT2D eigenvalue weighted by Crippen LogP contribution is -2.33. The first-order chi connectivity index (χ1) is 16.0. The van der Waals surface area contributed by atoms with Gasteiger partial charge in [-0.25, -0.2) is 4.79 Å². The maximum atomic E-state index is 12.4. The molecule has 1 saturated heterocycles. The molecule has 1 aliphatic rings. The summed E-state index contributed by atoms with van der Waals surface area (Å²) >= 11 is 0. The van der Waals surface area contributed by atoms with Crippen LogP contribution in [0.4, 0.5) is 0 Å². The molecule has 4 rings (SSSR count). The number of nitrogens with zero attached hydrogens (tertiary/aromatic N) is 1. The Balaban J connectivity index is 1.45. The van der Waals surface area contributed by atoms with Gasteiger partial charge >= 0.3 is 5.69 Å². The fourth-order valence-corrected chi connectivity index (χ4v) is 3.85. The summed E-state index contributed by atoms with van der Waals surface area (Å²) in [5.41, 5.74) is 0.645. The van der Waals surface area contributed by atoms with Gasteiger partial charge in [0.25, 0.3) is 5.56 Å². The molecule has 0 radical (unpaired) electrons. The van der Waals surface area contributed by atoms with Gasteiger partial charge in [0, 0.05) is 24.1 Å². The Morgan fingerprint density at radius 3 is 2.48 bits per heavy atom. The summed E-state index contributed by atoms with van der Waals surface area (Å²) in [5.74, 6) is 1.47. The van der Waals surface area contributed by atoms with Gasteiger partial charge in [0.05, 0.1) is 33.0 Å². The van der Waals surface area contributed by atoms with Gasteiger partial charge in [0.2, 0.25) is 0 Å². The monoisotopic (exact) mass is 452 g/mol. The minimum absolute atomic E-state index is 0.00740. The summed E-state index contributed by atoms with van der Waals surface area (Å²) in [6, 6.07) is 17.3. The average molecular weight is 453 g/mol. The highest BCUT2D eigenvalue weighted by Gasteiger charge is 2.37. The van der Waals surface area contributed by atoms with Crippen molar-refractivity contribution in [2.45, 2.75) is 32.3 Å². The van der Waals surface area contributed by atoms with Crippen LogP contribution in [-0.4, -0.2) is 36.0 Å². The molecule has 33 heavy (non-hydrogen) atoms. The molecule has 0 amide bonds. The standard InChI is InChI=1S/C25H28N2O6/c1-17-13-27(25(29)26-24(17)28)23-12-19(15-32-21-10-8-20(30-2)9-11-21)22(33-23)16-31-14-18-6-4-3-5-7-18/h3-11,13,19,22-23H,12,14-16H2,1-2H3,(H,26,28,29)/t19-,22-,23-/m1/s1. The van der Waals surface area contributed by atoms with E-state index >= 15 is 0 Å². The molecule has 1 fully saturated rings. The highest BCUT2D eigenvalue weighted by molar-refractivity contribution is 5.31. The number of ether oxygens (including phenoxy) is 4. The predicted molar refractivity (Wildman–Crippen MR) is 123 cm³/mol. The van der Waals surface area contributed by atoms with Crippen LogP contribution in [0, 0.1) is 12.8 Å². The van der Waals surface area contributed by atoms with Crippen molar-refractivity contribution in [2.24, 2.45) is 5.92 Å². The smallest absolute Gasteiger partial charge is 0.330 e. The van der Waals surface area contributed by atoms with Crippen molar-refractivity contribution in [3.63, 3.8) is 0 Å². The molecule has 0 unspecified atom stereocenters. The normalized spacial score (nSPS) is 20.0. The Labute approximate surface area is 191 Å². The molecule has 1 aliphatic heterocycles. The van der Waals surface area contributed by atoms with Crippen LogP contribution in [0.25, 0.3) is 0 Å². The number of aromatic amines is 1. The van der Waals surface area contributed by atoms with Gasteiger partial charge < -0.3 is 18.9 Å². The van der Waals surface area contributed by atoms with Crippen LogP contribution < -0.4 is 20.7 Å². The lowest BCUT2D eigenvalue weighted by Gasteiger charge is -2.19. The van der Waals surface area contributed by atoms with Crippen LogP contribution in [0.15, 0.2) is 70.4 Å². The summed E-state index contributed by atoms with van der Waals surface area (Å²) in [7, 11) is 1.62. The Morgan fingerprint density at radius 1 is 1.03 bits per heavy atom. The van der Waals surface area contributed by atoms with Crippen molar-refractivity contribution in [1.82, 2.24) is 9.55 Å². The zero-order chi connectivity index (χ0) is 23.2. The molecule has 3 atom stereocenters. The quantitative estimate of drug-likeness (QED) is 0.537. The van der Waals surface area contributed by atoms with Gasteiger partial charge in [-0.15, -0.1) is 0 Å². The fraction of sp³-hybridized carbons (Fsp3) is 0.360. The molecular formula is C25H28N2O6. The number of aryl methyl sites for hydroxylation is 1. The first-order valence-electron chi connectivity index (χ1n) is 10.9. The summed E-state index contributed by atoms with van der Waals surface area (Å²) in [6.45, 7) is 2.89. The molecule has 3 aromatic rings. The zero-order valence-corrected chi connectivity index (χ0v) is 18.7. The van der Waals surface area contributed by atoms with Crippen molar-refractivity contribution >= 4 is 0 Å². The number of methoxy groups -OCH3 is 1. The van der Waals surface area contributed by atoms with Gasteiger partial charge in [-0.3, -0.25) is 14.3 Å². The largest absolute Gasteiger partial charge is 0.497 e. The Kier molecular flexibility index (Phi) is 7.26. The van der Waals surface area contributed by atoms with E-state index in [1.165, 1.54) is 4.57 Å². The average Bonchev–Trinajstić information content (AvgIpc) is 3.23. The molecule has 0 spiro atoms. The number of aromatic nitrogens is 2. The number of nitrogens with one attached hydrogen (secondary N) is 1. The third-order valence-electron chi connectivity index (χ3n) is 5.74. The third-order valence-corrected chi connectivity index (χ3v) is 5.74. The second-order valence-corrected chi connectivity index (χ2v) is 8.09. The molecule has 2 aromatic carbocycles. The van der Waals surface area contributed by atoms with E-state index in [1.54, 1.807) is 20.2 Å². The highest BCUT2D eigenvalue weighted by Crippen LogP contribution is 2.34. The third kappa shape index (κ3) is 5.71. The Morgan fingerprint density at radius 2 is 1.76 bits per heavy atom. The van der Waals surface area contributed by atoms with Gasteiger partial charge in [0.1, 0.15) is 17.7 Å². The van der Waals surface area contributed by atoms with Gasteiger partial charge in [-0.1, -0.05) is 30.3 Å².